The summed E-state index contributed by atoms with van der Waals surface area (Å²) in [6.45, 7) is 3.65. The number of carbonyl (C=O) groups is 3. The maximum absolute atomic E-state index is 11.9. The molecule has 0 aromatic rings. The van der Waals surface area contributed by atoms with E-state index < -0.39 is 30.2 Å². The summed E-state index contributed by atoms with van der Waals surface area (Å²) >= 11 is 0. The first-order chi connectivity index (χ1) is 8.86. The summed E-state index contributed by atoms with van der Waals surface area (Å²) in [5, 5.41) is 23.4. The summed E-state index contributed by atoms with van der Waals surface area (Å²) in [5.41, 5.74) is 0. The molecule has 4 N–H and O–H groups in total. The van der Waals surface area contributed by atoms with Crippen molar-refractivity contribution in [3.05, 3.63) is 0 Å². The summed E-state index contributed by atoms with van der Waals surface area (Å²) < 4.78 is 0. The fourth-order valence-electron chi connectivity index (χ4n) is 1.93. The Morgan fingerprint density at radius 3 is 2.58 bits per heavy atom. The van der Waals surface area contributed by atoms with Gasteiger partial charge < -0.3 is 25.7 Å². The van der Waals surface area contributed by atoms with E-state index in [1.807, 2.05) is 0 Å². The van der Waals surface area contributed by atoms with Crippen LogP contribution in [0.1, 0.15) is 20.3 Å². The Balaban J connectivity index is 2.62. The van der Waals surface area contributed by atoms with Crippen LogP contribution in [0, 0.1) is 0 Å². The molecule has 0 radical (unpaired) electrons. The van der Waals surface area contributed by atoms with Crippen LogP contribution in [0.25, 0.3) is 0 Å². The van der Waals surface area contributed by atoms with Crippen molar-refractivity contribution in [1.82, 2.24) is 15.5 Å². The minimum Gasteiger partial charge on any atom is -0.480 e. The van der Waals surface area contributed by atoms with E-state index in [9.17, 15) is 19.5 Å². The van der Waals surface area contributed by atoms with Gasteiger partial charge in [0.25, 0.3) is 0 Å². The molecule has 1 saturated heterocycles. The van der Waals surface area contributed by atoms with Gasteiger partial charge in [-0.05, 0) is 13.8 Å². The first-order valence-corrected chi connectivity index (χ1v) is 6.12. The second-order valence-corrected chi connectivity index (χ2v) is 4.46. The lowest BCUT2D eigenvalue weighted by Gasteiger charge is -2.23. The zero-order chi connectivity index (χ0) is 14.6. The van der Waals surface area contributed by atoms with Crippen molar-refractivity contribution >= 4 is 17.9 Å². The number of aliphatic carboxylic acids is 1. The molecule has 1 fully saturated rings. The number of carboxylic acid groups (broad SMARTS) is 1. The number of rotatable bonds is 4. The topological polar surface area (TPSA) is 119 Å². The molecule has 108 valence electrons. The Morgan fingerprint density at radius 2 is 2.05 bits per heavy atom. The number of aliphatic hydroxyl groups is 1. The number of hydrogen-bond donors (Lipinski definition) is 4. The van der Waals surface area contributed by atoms with Gasteiger partial charge in [0.05, 0.1) is 6.10 Å². The summed E-state index contributed by atoms with van der Waals surface area (Å²) in [7, 11) is 0. The second-order valence-electron chi connectivity index (χ2n) is 4.46. The number of urea groups is 1. The van der Waals surface area contributed by atoms with Gasteiger partial charge in [-0.25, -0.2) is 9.59 Å². The zero-order valence-corrected chi connectivity index (χ0v) is 10.9. The van der Waals surface area contributed by atoms with Crippen LogP contribution in [-0.4, -0.2) is 64.3 Å². The number of amides is 3. The lowest BCUT2D eigenvalue weighted by Crippen LogP contribution is -2.52. The van der Waals surface area contributed by atoms with Crippen LogP contribution in [-0.2, 0) is 9.59 Å². The van der Waals surface area contributed by atoms with Crippen molar-refractivity contribution in [2.75, 3.05) is 13.1 Å². The molecular weight excluding hydrogens is 254 g/mol. The largest absolute Gasteiger partial charge is 0.480 e. The predicted molar refractivity (Wildman–Crippen MR) is 65.4 cm³/mol. The van der Waals surface area contributed by atoms with Gasteiger partial charge in [0, 0.05) is 19.5 Å². The molecule has 0 aliphatic carbocycles. The Morgan fingerprint density at radius 1 is 1.42 bits per heavy atom. The fourth-order valence-corrected chi connectivity index (χ4v) is 1.93. The molecule has 0 aromatic carbocycles. The van der Waals surface area contributed by atoms with Crippen LogP contribution in [0.5, 0.6) is 0 Å². The molecule has 0 saturated carbocycles. The highest BCUT2D eigenvalue weighted by molar-refractivity contribution is 5.88. The average Bonchev–Trinajstić information content (AvgIpc) is 2.71. The highest BCUT2D eigenvalue weighted by Crippen LogP contribution is 2.18. The van der Waals surface area contributed by atoms with E-state index in [1.54, 1.807) is 6.92 Å². The van der Waals surface area contributed by atoms with Gasteiger partial charge >= 0.3 is 12.0 Å². The summed E-state index contributed by atoms with van der Waals surface area (Å²) in [6, 6.07) is -2.49. The average molecular weight is 273 g/mol. The second kappa shape index (κ2) is 6.37. The monoisotopic (exact) mass is 273 g/mol. The quantitative estimate of drug-likeness (QED) is 0.510. The molecule has 3 amide bonds. The molecular formula is C11H19N3O5. The van der Waals surface area contributed by atoms with Crippen molar-refractivity contribution in [2.24, 2.45) is 0 Å². The molecule has 19 heavy (non-hydrogen) atoms. The fraction of sp³-hybridized carbons (Fsp3) is 0.727. The molecule has 1 rings (SSSR count). The SMILES string of the molecule is CCNC(=O)C(C)NC(=O)N1CC(O)CC1C(=O)O. The number of aliphatic hydroxyl groups excluding tert-OH is 1. The van der Waals surface area contributed by atoms with E-state index >= 15 is 0 Å². The molecule has 1 aliphatic rings. The molecule has 3 unspecified atom stereocenters. The van der Waals surface area contributed by atoms with E-state index in [1.165, 1.54) is 6.92 Å². The van der Waals surface area contributed by atoms with Crippen LogP contribution in [0.4, 0.5) is 4.79 Å². The maximum Gasteiger partial charge on any atom is 0.326 e. The van der Waals surface area contributed by atoms with Crippen molar-refractivity contribution in [3.8, 4) is 0 Å². The smallest absolute Gasteiger partial charge is 0.326 e. The zero-order valence-electron chi connectivity index (χ0n) is 10.9. The van der Waals surface area contributed by atoms with Crippen LogP contribution in [0.2, 0.25) is 0 Å². The van der Waals surface area contributed by atoms with E-state index in [-0.39, 0.29) is 18.9 Å². The lowest BCUT2D eigenvalue weighted by molar-refractivity contribution is -0.141. The molecule has 8 nitrogen and oxygen atoms in total. The normalized spacial score (nSPS) is 23.8. The van der Waals surface area contributed by atoms with Gasteiger partial charge in [-0.1, -0.05) is 0 Å². The van der Waals surface area contributed by atoms with E-state index in [4.69, 9.17) is 5.11 Å². The third-order valence-corrected chi connectivity index (χ3v) is 2.91. The van der Waals surface area contributed by atoms with Crippen molar-refractivity contribution in [1.29, 1.82) is 0 Å². The highest BCUT2D eigenvalue weighted by Gasteiger charge is 2.39. The van der Waals surface area contributed by atoms with Crippen LogP contribution in [0.3, 0.4) is 0 Å². The molecule has 0 spiro atoms. The Bertz CT molecular complexity index is 373. The van der Waals surface area contributed by atoms with Crippen LogP contribution >= 0.6 is 0 Å². The number of carbonyl (C=O) groups excluding carboxylic acids is 2. The predicted octanol–water partition coefficient (Wildman–Crippen LogP) is -1.26. The van der Waals surface area contributed by atoms with Crippen molar-refractivity contribution < 1.29 is 24.6 Å². The molecule has 0 aromatic heterocycles. The third kappa shape index (κ3) is 3.82. The summed E-state index contributed by atoms with van der Waals surface area (Å²) in [4.78, 5) is 35.4. The van der Waals surface area contributed by atoms with E-state index in [0.29, 0.717) is 6.54 Å². The van der Waals surface area contributed by atoms with E-state index in [2.05, 4.69) is 10.6 Å². The lowest BCUT2D eigenvalue weighted by atomic mass is 10.2. The third-order valence-electron chi connectivity index (χ3n) is 2.91. The number of nitrogens with zero attached hydrogens (tertiary/aromatic N) is 1. The molecule has 1 aliphatic heterocycles. The summed E-state index contributed by atoms with van der Waals surface area (Å²) in [5.74, 6) is -1.51. The van der Waals surface area contributed by atoms with E-state index in [0.717, 1.165) is 4.90 Å². The number of likely N-dealkylation sites (tertiary alicyclic amines) is 1. The maximum atomic E-state index is 11.9. The minimum atomic E-state index is -1.17. The number of hydrogen-bond acceptors (Lipinski definition) is 4. The Kier molecular flexibility index (Phi) is 5.11. The van der Waals surface area contributed by atoms with Gasteiger partial charge in [-0.3, -0.25) is 4.79 Å². The molecule has 1 heterocycles. The summed E-state index contributed by atoms with van der Waals surface area (Å²) in [6.07, 6.45) is -0.857. The highest BCUT2D eigenvalue weighted by atomic mass is 16.4. The minimum absolute atomic E-state index is 0.00170. The molecule has 3 atom stereocenters. The first kappa shape index (κ1) is 15.2. The standard InChI is InChI=1S/C11H19N3O5/c1-3-12-9(16)6(2)13-11(19)14-5-7(15)4-8(14)10(17)18/h6-8,15H,3-5H2,1-2H3,(H,12,16)(H,13,19)(H,17,18). The van der Waals surface area contributed by atoms with Gasteiger partial charge in [0.15, 0.2) is 0 Å². The molecule has 0 bridgehead atoms. The Labute approximate surface area is 110 Å². The number of carboxylic acids is 1. The van der Waals surface area contributed by atoms with Gasteiger partial charge in [0.1, 0.15) is 12.1 Å². The van der Waals surface area contributed by atoms with Gasteiger partial charge in [-0.15, -0.1) is 0 Å². The number of β-amino-alcohol motifs (C(OH)–C–C–N with tert-alkyl or cyclic N) is 1. The molecule has 8 heteroatoms. The van der Waals surface area contributed by atoms with Gasteiger partial charge in [-0.2, -0.15) is 0 Å². The Hall–Kier alpha value is -1.83. The number of nitrogens with one attached hydrogen (secondary N) is 2. The first-order valence-electron chi connectivity index (χ1n) is 6.12. The van der Waals surface area contributed by atoms with Crippen LogP contribution in [0.15, 0.2) is 0 Å². The van der Waals surface area contributed by atoms with Crippen molar-refractivity contribution in [2.45, 2.75) is 38.5 Å². The van der Waals surface area contributed by atoms with Crippen LogP contribution < -0.4 is 10.6 Å². The van der Waals surface area contributed by atoms with Gasteiger partial charge in [0.2, 0.25) is 5.91 Å². The number of likely N-dealkylation sites (N-methyl/N-ethyl adjacent to an activating group) is 1. The van der Waals surface area contributed by atoms with Crippen molar-refractivity contribution in [3.63, 3.8) is 0 Å².